The van der Waals surface area contributed by atoms with Crippen LogP contribution in [-0.4, -0.2) is 31.8 Å². The van der Waals surface area contributed by atoms with Gasteiger partial charge in [0.1, 0.15) is 23.9 Å². The van der Waals surface area contributed by atoms with Crippen molar-refractivity contribution in [2.75, 3.05) is 13.7 Å². The molecule has 0 aliphatic heterocycles. The van der Waals surface area contributed by atoms with Crippen molar-refractivity contribution in [1.82, 2.24) is 5.32 Å². The van der Waals surface area contributed by atoms with E-state index < -0.39 is 6.10 Å². The molecule has 2 rings (SSSR count). The number of benzene rings is 2. The number of carbonyl (C=O) groups excluding carboxylic acids is 1. The van der Waals surface area contributed by atoms with Crippen molar-refractivity contribution in [3.05, 3.63) is 53.6 Å². The number of nitrogens with one attached hydrogen (secondary N) is 1. The number of rotatable bonds is 8. The van der Waals surface area contributed by atoms with Gasteiger partial charge in [-0.1, -0.05) is 11.6 Å². The minimum Gasteiger partial charge on any atom is -0.497 e. The van der Waals surface area contributed by atoms with Gasteiger partial charge < -0.3 is 19.5 Å². The monoisotopic (exact) mass is 363 g/mol. The molecule has 6 heteroatoms. The van der Waals surface area contributed by atoms with E-state index in [0.29, 0.717) is 23.1 Å². The summed E-state index contributed by atoms with van der Waals surface area (Å²) in [5.74, 6) is 1.87. The van der Waals surface area contributed by atoms with Gasteiger partial charge in [-0.15, -0.1) is 0 Å². The average molecular weight is 364 g/mol. The van der Waals surface area contributed by atoms with Crippen LogP contribution in [0, 0.1) is 0 Å². The van der Waals surface area contributed by atoms with Gasteiger partial charge in [0.05, 0.1) is 13.2 Å². The third kappa shape index (κ3) is 6.19. The molecule has 1 N–H and O–H groups in total. The topological polar surface area (TPSA) is 56.8 Å². The van der Waals surface area contributed by atoms with Crippen molar-refractivity contribution in [2.24, 2.45) is 0 Å². The maximum atomic E-state index is 12.2. The van der Waals surface area contributed by atoms with E-state index in [1.807, 2.05) is 31.2 Å². The molecule has 134 valence electrons. The van der Waals surface area contributed by atoms with Crippen molar-refractivity contribution in [2.45, 2.75) is 26.0 Å². The van der Waals surface area contributed by atoms with Gasteiger partial charge >= 0.3 is 0 Å². The molecule has 25 heavy (non-hydrogen) atoms. The van der Waals surface area contributed by atoms with Crippen LogP contribution in [0.4, 0.5) is 0 Å². The van der Waals surface area contributed by atoms with Gasteiger partial charge in [-0.25, -0.2) is 0 Å². The van der Waals surface area contributed by atoms with Gasteiger partial charge in [0.2, 0.25) is 0 Å². The van der Waals surface area contributed by atoms with Gasteiger partial charge in [-0.2, -0.15) is 0 Å². The molecular weight excluding hydrogens is 342 g/mol. The van der Waals surface area contributed by atoms with E-state index in [1.165, 1.54) is 0 Å². The third-order valence-corrected chi connectivity index (χ3v) is 3.70. The molecule has 0 radical (unpaired) electrons. The summed E-state index contributed by atoms with van der Waals surface area (Å²) in [7, 11) is 1.61. The van der Waals surface area contributed by atoms with Crippen LogP contribution >= 0.6 is 11.6 Å². The molecule has 2 atom stereocenters. The van der Waals surface area contributed by atoms with Crippen molar-refractivity contribution >= 4 is 17.5 Å². The van der Waals surface area contributed by atoms with Crippen molar-refractivity contribution in [3.63, 3.8) is 0 Å². The second kappa shape index (κ2) is 9.18. The normalized spacial score (nSPS) is 12.8. The summed E-state index contributed by atoms with van der Waals surface area (Å²) in [6, 6.07) is 14.0. The Kier molecular flexibility index (Phi) is 6.95. The lowest BCUT2D eigenvalue weighted by atomic mass is 10.3. The quantitative estimate of drug-likeness (QED) is 0.777. The maximum absolute atomic E-state index is 12.2. The van der Waals surface area contributed by atoms with E-state index in [-0.39, 0.29) is 11.9 Å². The Morgan fingerprint density at radius 2 is 1.56 bits per heavy atom. The summed E-state index contributed by atoms with van der Waals surface area (Å²) in [5.41, 5.74) is 0. The Balaban J connectivity index is 1.77. The zero-order valence-corrected chi connectivity index (χ0v) is 15.2. The molecule has 0 saturated heterocycles. The fourth-order valence-electron chi connectivity index (χ4n) is 2.07. The fourth-order valence-corrected chi connectivity index (χ4v) is 2.19. The van der Waals surface area contributed by atoms with Gasteiger partial charge in [0, 0.05) is 5.02 Å². The van der Waals surface area contributed by atoms with E-state index in [9.17, 15) is 4.79 Å². The predicted molar refractivity (Wildman–Crippen MR) is 97.6 cm³/mol. The molecule has 0 bridgehead atoms. The number of hydrogen-bond acceptors (Lipinski definition) is 4. The maximum Gasteiger partial charge on any atom is 0.261 e. The summed E-state index contributed by atoms with van der Waals surface area (Å²) in [4.78, 5) is 12.2. The van der Waals surface area contributed by atoms with Crippen LogP contribution in [0.25, 0.3) is 0 Å². The summed E-state index contributed by atoms with van der Waals surface area (Å²) >= 11 is 5.83. The summed E-state index contributed by atoms with van der Waals surface area (Å²) in [5, 5.41) is 3.48. The second-order valence-corrected chi connectivity index (χ2v) is 6.05. The zero-order valence-electron chi connectivity index (χ0n) is 14.5. The number of halogens is 1. The Bertz CT molecular complexity index is 673. The first-order chi connectivity index (χ1) is 12.0. The summed E-state index contributed by atoms with van der Waals surface area (Å²) < 4.78 is 16.3. The number of hydrogen-bond donors (Lipinski definition) is 1. The molecule has 5 nitrogen and oxygen atoms in total. The second-order valence-electron chi connectivity index (χ2n) is 5.61. The van der Waals surface area contributed by atoms with Crippen LogP contribution in [0.2, 0.25) is 5.02 Å². The molecule has 2 unspecified atom stereocenters. The van der Waals surface area contributed by atoms with Crippen molar-refractivity contribution < 1.29 is 19.0 Å². The van der Waals surface area contributed by atoms with Crippen LogP contribution < -0.4 is 19.5 Å². The minimum absolute atomic E-state index is 0.161. The average Bonchev–Trinajstić information content (AvgIpc) is 2.62. The van der Waals surface area contributed by atoms with Gasteiger partial charge in [0.25, 0.3) is 5.91 Å². The van der Waals surface area contributed by atoms with Crippen molar-refractivity contribution in [3.8, 4) is 17.2 Å². The lowest BCUT2D eigenvalue weighted by Crippen LogP contribution is -2.43. The van der Waals surface area contributed by atoms with E-state index in [4.69, 9.17) is 25.8 Å². The van der Waals surface area contributed by atoms with Gasteiger partial charge in [0.15, 0.2) is 6.10 Å². The minimum atomic E-state index is -0.621. The first kappa shape index (κ1) is 18.9. The van der Waals surface area contributed by atoms with Crippen LogP contribution in [0.5, 0.6) is 17.2 Å². The highest BCUT2D eigenvalue weighted by Gasteiger charge is 2.17. The van der Waals surface area contributed by atoms with Crippen LogP contribution in [0.3, 0.4) is 0 Å². The van der Waals surface area contributed by atoms with Gasteiger partial charge in [-0.05, 0) is 62.4 Å². The number of methoxy groups -OCH3 is 1. The highest BCUT2D eigenvalue weighted by atomic mass is 35.5. The molecule has 1 amide bonds. The molecule has 2 aromatic carbocycles. The van der Waals surface area contributed by atoms with E-state index in [1.54, 1.807) is 38.3 Å². The molecule has 0 saturated carbocycles. The van der Waals surface area contributed by atoms with E-state index in [0.717, 1.165) is 5.75 Å². The van der Waals surface area contributed by atoms with Crippen LogP contribution in [0.1, 0.15) is 13.8 Å². The van der Waals surface area contributed by atoms with E-state index >= 15 is 0 Å². The Morgan fingerprint density at radius 1 is 1.00 bits per heavy atom. The fraction of sp³-hybridized carbons (Fsp3) is 0.316. The standard InChI is InChI=1S/C19H22ClNO4/c1-13(12-24-17-10-8-16(23-3)9-11-17)21-19(22)14(2)25-18-6-4-15(20)5-7-18/h4-11,13-14H,12H2,1-3H3,(H,21,22). The van der Waals surface area contributed by atoms with Crippen LogP contribution in [0.15, 0.2) is 48.5 Å². The largest absolute Gasteiger partial charge is 0.497 e. The Morgan fingerprint density at radius 3 is 2.16 bits per heavy atom. The molecule has 0 spiro atoms. The predicted octanol–water partition coefficient (Wildman–Crippen LogP) is 3.70. The van der Waals surface area contributed by atoms with Crippen molar-refractivity contribution in [1.29, 1.82) is 0 Å². The lowest BCUT2D eigenvalue weighted by Gasteiger charge is -2.19. The molecule has 0 aromatic heterocycles. The highest BCUT2D eigenvalue weighted by molar-refractivity contribution is 6.30. The Hall–Kier alpha value is -2.40. The first-order valence-electron chi connectivity index (χ1n) is 7.97. The number of carbonyl (C=O) groups is 1. The zero-order chi connectivity index (χ0) is 18.2. The molecule has 0 aliphatic carbocycles. The molecule has 0 aliphatic rings. The summed E-state index contributed by atoms with van der Waals surface area (Å²) in [6.07, 6.45) is -0.621. The third-order valence-electron chi connectivity index (χ3n) is 3.44. The number of ether oxygens (including phenoxy) is 3. The van der Waals surface area contributed by atoms with Crippen LogP contribution in [-0.2, 0) is 4.79 Å². The molecule has 0 fully saturated rings. The number of amides is 1. The smallest absolute Gasteiger partial charge is 0.261 e. The van der Waals surface area contributed by atoms with Gasteiger partial charge in [-0.3, -0.25) is 4.79 Å². The summed E-state index contributed by atoms with van der Waals surface area (Å²) in [6.45, 7) is 3.92. The highest BCUT2D eigenvalue weighted by Crippen LogP contribution is 2.18. The SMILES string of the molecule is COc1ccc(OCC(C)NC(=O)C(C)Oc2ccc(Cl)cc2)cc1. The Labute approximate surface area is 152 Å². The van der Waals surface area contributed by atoms with E-state index in [2.05, 4.69) is 5.32 Å². The first-order valence-corrected chi connectivity index (χ1v) is 8.35. The molecular formula is C19H22ClNO4. The lowest BCUT2D eigenvalue weighted by molar-refractivity contribution is -0.128. The molecule has 0 heterocycles. The molecule has 2 aromatic rings.